The van der Waals surface area contributed by atoms with E-state index in [4.69, 9.17) is 0 Å². The number of benzene rings is 1. The average Bonchev–Trinajstić information content (AvgIpc) is 2.61. The molecule has 7 heteroatoms. The van der Waals surface area contributed by atoms with Crippen molar-refractivity contribution in [3.63, 3.8) is 0 Å². The molecule has 0 saturated carbocycles. The van der Waals surface area contributed by atoms with Crippen LogP contribution in [0.1, 0.15) is 24.8 Å². The van der Waals surface area contributed by atoms with E-state index in [1.165, 1.54) is 4.57 Å². The lowest BCUT2D eigenvalue weighted by Crippen LogP contribution is -2.44. The number of rotatable bonds is 4. The molecule has 0 spiro atoms. The number of fused-ring (bicyclic) bond motifs is 1. The first kappa shape index (κ1) is 19.4. The summed E-state index contributed by atoms with van der Waals surface area (Å²) in [4.78, 5) is 31.2. The van der Waals surface area contributed by atoms with E-state index in [-0.39, 0.29) is 23.9 Å². The molecule has 1 aromatic carbocycles. The van der Waals surface area contributed by atoms with Crippen molar-refractivity contribution in [2.75, 3.05) is 20.1 Å². The molecule has 0 radical (unpaired) electrons. The number of hydrogen-bond donors (Lipinski definition) is 1. The molecule has 3 rings (SSSR count). The van der Waals surface area contributed by atoms with Gasteiger partial charge in [0.05, 0.1) is 17.2 Å². The lowest BCUT2D eigenvalue weighted by molar-refractivity contribution is -0.132. The second-order valence-electron chi connectivity index (χ2n) is 6.45. The second-order valence-corrected chi connectivity index (χ2v) is 6.45. The number of hydrogen-bond acceptors (Lipinski definition) is 4. The summed E-state index contributed by atoms with van der Waals surface area (Å²) in [5, 5.41) is 3.91. The van der Waals surface area contributed by atoms with Crippen LogP contribution >= 0.6 is 12.4 Å². The molecular formula is C18H25ClN4O2. The maximum absolute atomic E-state index is 12.6. The number of carbonyl (C=O) groups is 1. The topological polar surface area (TPSA) is 67.2 Å². The molecular weight excluding hydrogens is 340 g/mol. The third kappa shape index (κ3) is 4.19. The van der Waals surface area contributed by atoms with Crippen LogP contribution in [0.3, 0.4) is 0 Å². The van der Waals surface area contributed by atoms with E-state index in [9.17, 15) is 9.59 Å². The lowest BCUT2D eigenvalue weighted by Gasteiger charge is -2.31. The van der Waals surface area contributed by atoms with Crippen molar-refractivity contribution < 1.29 is 4.79 Å². The highest BCUT2D eigenvalue weighted by Crippen LogP contribution is 2.13. The van der Waals surface area contributed by atoms with E-state index in [0.717, 1.165) is 37.0 Å². The third-order valence-electron chi connectivity index (χ3n) is 4.87. The first-order valence-corrected chi connectivity index (χ1v) is 8.49. The number of nitrogens with zero attached hydrogens (tertiary/aromatic N) is 3. The summed E-state index contributed by atoms with van der Waals surface area (Å²) in [6.45, 7) is 4.21. The average molecular weight is 365 g/mol. The van der Waals surface area contributed by atoms with Crippen LogP contribution in [0, 0.1) is 6.92 Å². The molecule has 1 aliphatic rings. The second kappa shape index (κ2) is 8.45. The van der Waals surface area contributed by atoms with Crippen molar-refractivity contribution in [1.29, 1.82) is 0 Å². The van der Waals surface area contributed by atoms with E-state index in [0.29, 0.717) is 24.4 Å². The smallest absolute Gasteiger partial charge is 0.261 e. The maximum Gasteiger partial charge on any atom is 0.261 e. The zero-order valence-electron chi connectivity index (χ0n) is 14.7. The number of para-hydroxylation sites is 1. The predicted octanol–water partition coefficient (Wildman–Crippen LogP) is 1.73. The van der Waals surface area contributed by atoms with Crippen LogP contribution in [-0.4, -0.2) is 46.5 Å². The Bertz CT molecular complexity index is 799. The molecule has 2 aromatic rings. The Hall–Kier alpha value is -1.92. The minimum absolute atomic E-state index is 0. The Morgan fingerprint density at radius 1 is 1.36 bits per heavy atom. The van der Waals surface area contributed by atoms with Crippen molar-refractivity contribution in [2.45, 2.75) is 38.8 Å². The molecule has 25 heavy (non-hydrogen) atoms. The largest absolute Gasteiger partial charge is 0.343 e. The van der Waals surface area contributed by atoms with Gasteiger partial charge in [0, 0.05) is 26.1 Å². The van der Waals surface area contributed by atoms with Crippen LogP contribution in [0.4, 0.5) is 0 Å². The van der Waals surface area contributed by atoms with E-state index >= 15 is 0 Å². The summed E-state index contributed by atoms with van der Waals surface area (Å²) < 4.78 is 1.54. The van der Waals surface area contributed by atoms with Gasteiger partial charge in [-0.15, -0.1) is 12.4 Å². The van der Waals surface area contributed by atoms with Gasteiger partial charge < -0.3 is 10.2 Å². The minimum atomic E-state index is -0.0824. The Labute approximate surface area is 153 Å². The van der Waals surface area contributed by atoms with Crippen molar-refractivity contribution >= 4 is 29.2 Å². The normalized spacial score (nSPS) is 15.0. The summed E-state index contributed by atoms with van der Waals surface area (Å²) in [5.41, 5.74) is 1.64. The quantitative estimate of drug-likeness (QED) is 0.897. The SMILES string of the molecule is Cc1cccc2c(=O)n(CCC(=O)N(C)C3CCNCC3)cnc12.Cl. The molecule has 0 aliphatic carbocycles. The van der Waals surface area contributed by atoms with Crippen LogP contribution in [-0.2, 0) is 11.3 Å². The number of amides is 1. The first-order chi connectivity index (χ1) is 11.6. The number of aryl methyl sites for hydroxylation is 2. The summed E-state index contributed by atoms with van der Waals surface area (Å²) in [5.74, 6) is 0.0816. The monoisotopic (exact) mass is 364 g/mol. The van der Waals surface area contributed by atoms with Crippen molar-refractivity contribution in [1.82, 2.24) is 19.8 Å². The van der Waals surface area contributed by atoms with Crippen molar-refractivity contribution in [2.24, 2.45) is 0 Å². The molecule has 1 aromatic heterocycles. The predicted molar refractivity (Wildman–Crippen MR) is 101 cm³/mol. The molecule has 2 heterocycles. The zero-order valence-corrected chi connectivity index (χ0v) is 15.5. The standard InChI is InChI=1S/C18H24N4O2.ClH/c1-13-4-3-5-15-17(13)20-12-22(18(15)24)11-8-16(23)21(2)14-6-9-19-10-7-14;/h3-5,12,14,19H,6-11H2,1-2H3;1H. The van der Waals surface area contributed by atoms with E-state index in [1.54, 1.807) is 12.4 Å². The summed E-state index contributed by atoms with van der Waals surface area (Å²) in [6.07, 6.45) is 3.84. The zero-order chi connectivity index (χ0) is 17.1. The fraction of sp³-hybridized carbons (Fsp3) is 0.500. The van der Waals surface area contributed by atoms with E-state index in [2.05, 4.69) is 10.3 Å². The van der Waals surface area contributed by atoms with E-state index < -0.39 is 0 Å². The van der Waals surface area contributed by atoms with Crippen LogP contribution < -0.4 is 10.9 Å². The van der Waals surface area contributed by atoms with Gasteiger partial charge in [0.2, 0.25) is 5.91 Å². The molecule has 1 saturated heterocycles. The Balaban J connectivity index is 0.00000225. The first-order valence-electron chi connectivity index (χ1n) is 8.49. The maximum atomic E-state index is 12.6. The number of halogens is 1. The third-order valence-corrected chi connectivity index (χ3v) is 4.87. The van der Waals surface area contributed by atoms with Crippen LogP contribution in [0.5, 0.6) is 0 Å². The fourth-order valence-corrected chi connectivity index (χ4v) is 3.29. The Morgan fingerprint density at radius 2 is 2.08 bits per heavy atom. The van der Waals surface area contributed by atoms with Gasteiger partial charge in [0.1, 0.15) is 0 Å². The van der Waals surface area contributed by atoms with Crippen LogP contribution in [0.15, 0.2) is 29.3 Å². The molecule has 1 aliphatic heterocycles. The Kier molecular flexibility index (Phi) is 6.56. The van der Waals surface area contributed by atoms with Gasteiger partial charge in [0.25, 0.3) is 5.56 Å². The molecule has 136 valence electrons. The van der Waals surface area contributed by atoms with Crippen LogP contribution in [0.2, 0.25) is 0 Å². The number of aromatic nitrogens is 2. The number of piperidine rings is 1. The highest BCUT2D eigenvalue weighted by atomic mass is 35.5. The highest BCUT2D eigenvalue weighted by molar-refractivity contribution is 5.85. The molecule has 0 unspecified atom stereocenters. The molecule has 0 bridgehead atoms. The molecule has 6 nitrogen and oxygen atoms in total. The van der Waals surface area contributed by atoms with Crippen LogP contribution in [0.25, 0.3) is 10.9 Å². The van der Waals surface area contributed by atoms with E-state index in [1.807, 2.05) is 31.0 Å². The van der Waals surface area contributed by atoms with Crippen molar-refractivity contribution in [3.8, 4) is 0 Å². The minimum Gasteiger partial charge on any atom is -0.343 e. The van der Waals surface area contributed by atoms with Gasteiger partial charge in [-0.1, -0.05) is 12.1 Å². The molecule has 1 N–H and O–H groups in total. The van der Waals surface area contributed by atoms with Gasteiger partial charge >= 0.3 is 0 Å². The van der Waals surface area contributed by atoms with Gasteiger partial charge in [-0.3, -0.25) is 14.2 Å². The summed E-state index contributed by atoms with van der Waals surface area (Å²) in [6, 6.07) is 5.89. The number of carbonyl (C=O) groups excluding carboxylic acids is 1. The fourth-order valence-electron chi connectivity index (χ4n) is 3.29. The van der Waals surface area contributed by atoms with Crippen molar-refractivity contribution in [3.05, 3.63) is 40.4 Å². The summed E-state index contributed by atoms with van der Waals surface area (Å²) in [7, 11) is 1.86. The lowest BCUT2D eigenvalue weighted by atomic mass is 10.1. The Morgan fingerprint density at radius 3 is 2.80 bits per heavy atom. The molecule has 1 amide bonds. The van der Waals surface area contributed by atoms with Gasteiger partial charge in [-0.05, 0) is 44.5 Å². The summed E-state index contributed by atoms with van der Waals surface area (Å²) >= 11 is 0. The van der Waals surface area contributed by atoms with Gasteiger partial charge in [-0.2, -0.15) is 0 Å². The van der Waals surface area contributed by atoms with Gasteiger partial charge in [-0.25, -0.2) is 4.98 Å². The molecule has 0 atom stereocenters. The van der Waals surface area contributed by atoms with Gasteiger partial charge in [0.15, 0.2) is 0 Å². The molecule has 1 fully saturated rings. The highest BCUT2D eigenvalue weighted by Gasteiger charge is 2.21. The number of nitrogens with one attached hydrogen (secondary N) is 1.